The minimum atomic E-state index is -0.225. The Bertz CT molecular complexity index is 619. The highest BCUT2D eigenvalue weighted by Crippen LogP contribution is 2.21. The summed E-state index contributed by atoms with van der Waals surface area (Å²) in [5.74, 6) is 1.44. The number of benzene rings is 1. The average Bonchev–Trinajstić information content (AvgIpc) is 3.07. The van der Waals surface area contributed by atoms with Crippen LogP contribution in [0.2, 0.25) is 0 Å². The third kappa shape index (κ3) is 3.22. The van der Waals surface area contributed by atoms with E-state index >= 15 is 0 Å². The topological polar surface area (TPSA) is 21.1 Å². The molecule has 1 aromatic carbocycles. The molecule has 2 aromatic rings. The molecule has 0 N–H and O–H groups in total. The zero-order chi connectivity index (χ0) is 14.8. The van der Waals surface area contributed by atoms with E-state index in [1.165, 1.54) is 32.0 Å². The second-order valence-electron chi connectivity index (χ2n) is 6.02. The molecule has 5 heteroatoms. The summed E-state index contributed by atoms with van der Waals surface area (Å²) < 4.78 is 15.6. The largest absolute Gasteiger partial charge is 0.327 e. The first-order chi connectivity index (χ1) is 10.2. The number of rotatable bonds is 5. The molecule has 1 unspecified atom stereocenters. The Morgan fingerprint density at radius 2 is 2.05 bits per heavy atom. The van der Waals surface area contributed by atoms with Crippen LogP contribution in [0, 0.1) is 11.7 Å². The summed E-state index contributed by atoms with van der Waals surface area (Å²) in [5.41, 5.74) is 1.67. The third-order valence-corrected chi connectivity index (χ3v) is 4.41. The van der Waals surface area contributed by atoms with Crippen LogP contribution < -0.4 is 0 Å². The van der Waals surface area contributed by atoms with Crippen LogP contribution in [0.1, 0.15) is 25.6 Å². The van der Waals surface area contributed by atoms with Crippen LogP contribution in [0.15, 0.2) is 18.2 Å². The average molecular weight is 310 g/mol. The van der Waals surface area contributed by atoms with E-state index in [4.69, 9.17) is 11.6 Å². The van der Waals surface area contributed by atoms with Gasteiger partial charge in [0.15, 0.2) is 0 Å². The lowest BCUT2D eigenvalue weighted by atomic mass is 10.1. The molecule has 3 nitrogen and oxygen atoms in total. The zero-order valence-electron chi connectivity index (χ0n) is 12.4. The van der Waals surface area contributed by atoms with E-state index in [-0.39, 0.29) is 5.82 Å². The molecule has 114 valence electrons. The van der Waals surface area contributed by atoms with E-state index in [9.17, 15) is 4.39 Å². The minimum Gasteiger partial charge on any atom is -0.327 e. The van der Waals surface area contributed by atoms with Crippen LogP contribution in [0.5, 0.6) is 0 Å². The summed E-state index contributed by atoms with van der Waals surface area (Å²) in [6, 6.07) is 4.73. The van der Waals surface area contributed by atoms with Gasteiger partial charge >= 0.3 is 0 Å². The van der Waals surface area contributed by atoms with Crippen molar-refractivity contribution in [1.29, 1.82) is 0 Å². The first kappa shape index (κ1) is 14.8. The van der Waals surface area contributed by atoms with Crippen molar-refractivity contribution in [1.82, 2.24) is 14.5 Å². The standard InChI is InChI=1S/C16H21ClFN3/c1-12(10-20-6-2-3-7-20)11-21-15-8-13(18)4-5-14(15)19-16(21)9-17/h4-5,8,12H,2-3,6-7,9-11H2,1H3. The maximum absolute atomic E-state index is 13.5. The van der Waals surface area contributed by atoms with E-state index < -0.39 is 0 Å². The second kappa shape index (κ2) is 6.32. The molecule has 0 aliphatic carbocycles. The lowest BCUT2D eigenvalue weighted by molar-refractivity contribution is 0.272. The highest BCUT2D eigenvalue weighted by Gasteiger charge is 2.17. The van der Waals surface area contributed by atoms with Gasteiger partial charge in [0.1, 0.15) is 11.6 Å². The van der Waals surface area contributed by atoms with Gasteiger partial charge < -0.3 is 9.47 Å². The van der Waals surface area contributed by atoms with E-state index in [1.807, 2.05) is 0 Å². The lowest BCUT2D eigenvalue weighted by Gasteiger charge is -2.21. The van der Waals surface area contributed by atoms with Crippen LogP contribution in [0.4, 0.5) is 4.39 Å². The van der Waals surface area contributed by atoms with E-state index in [1.54, 1.807) is 12.1 Å². The Balaban J connectivity index is 1.82. The summed E-state index contributed by atoms with van der Waals surface area (Å²) in [6.07, 6.45) is 2.61. The normalized spacial score (nSPS) is 17.7. The first-order valence-electron chi connectivity index (χ1n) is 7.60. The fraction of sp³-hybridized carbons (Fsp3) is 0.562. The minimum absolute atomic E-state index is 0.225. The molecule has 21 heavy (non-hydrogen) atoms. The Kier molecular flexibility index (Phi) is 4.45. The molecule has 1 atom stereocenters. The molecule has 0 saturated carbocycles. The van der Waals surface area contributed by atoms with Crippen LogP contribution in [0.25, 0.3) is 11.0 Å². The van der Waals surface area contributed by atoms with Crippen molar-refractivity contribution in [2.75, 3.05) is 19.6 Å². The number of halogens is 2. The maximum atomic E-state index is 13.5. The smallest absolute Gasteiger partial charge is 0.125 e. The number of nitrogens with zero attached hydrogens (tertiary/aromatic N) is 3. The molecule has 3 rings (SSSR count). The Morgan fingerprint density at radius 1 is 1.29 bits per heavy atom. The van der Waals surface area contributed by atoms with Crippen LogP contribution in [0.3, 0.4) is 0 Å². The summed E-state index contributed by atoms with van der Waals surface area (Å²) >= 11 is 6.01. The fourth-order valence-corrected chi connectivity index (χ4v) is 3.43. The summed E-state index contributed by atoms with van der Waals surface area (Å²) in [6.45, 7) is 6.55. The number of fused-ring (bicyclic) bond motifs is 1. The van der Waals surface area contributed by atoms with Gasteiger partial charge in [-0.1, -0.05) is 6.92 Å². The maximum Gasteiger partial charge on any atom is 0.125 e. The van der Waals surface area contributed by atoms with Gasteiger partial charge in [-0.3, -0.25) is 0 Å². The highest BCUT2D eigenvalue weighted by molar-refractivity contribution is 6.16. The molecule has 0 bridgehead atoms. The number of likely N-dealkylation sites (tertiary alicyclic amines) is 1. The van der Waals surface area contributed by atoms with Crippen molar-refractivity contribution in [3.05, 3.63) is 29.8 Å². The lowest BCUT2D eigenvalue weighted by Crippen LogP contribution is -2.27. The van der Waals surface area contributed by atoms with Gasteiger partial charge in [0.2, 0.25) is 0 Å². The number of hydrogen-bond donors (Lipinski definition) is 0. The van der Waals surface area contributed by atoms with Gasteiger partial charge in [-0.2, -0.15) is 0 Å². The van der Waals surface area contributed by atoms with Crippen molar-refractivity contribution in [2.45, 2.75) is 32.2 Å². The predicted octanol–water partition coefficient (Wildman–Crippen LogP) is 3.65. The monoisotopic (exact) mass is 309 g/mol. The van der Waals surface area contributed by atoms with Crippen LogP contribution in [-0.4, -0.2) is 34.1 Å². The summed E-state index contributed by atoms with van der Waals surface area (Å²) in [4.78, 5) is 7.01. The molecule has 1 aliphatic heterocycles. The van der Waals surface area contributed by atoms with Crippen LogP contribution >= 0.6 is 11.6 Å². The van der Waals surface area contributed by atoms with Crippen molar-refractivity contribution in [2.24, 2.45) is 5.92 Å². The highest BCUT2D eigenvalue weighted by atomic mass is 35.5. The molecule has 0 radical (unpaired) electrons. The second-order valence-corrected chi connectivity index (χ2v) is 6.29. The molecule has 1 aliphatic rings. The summed E-state index contributed by atoms with van der Waals surface area (Å²) in [7, 11) is 0. The molecular weight excluding hydrogens is 289 g/mol. The van der Waals surface area contributed by atoms with Gasteiger partial charge in [0, 0.05) is 13.1 Å². The molecular formula is C16H21ClFN3. The van der Waals surface area contributed by atoms with Gasteiger partial charge in [0.25, 0.3) is 0 Å². The molecule has 2 heterocycles. The first-order valence-corrected chi connectivity index (χ1v) is 8.14. The van der Waals surface area contributed by atoms with Crippen molar-refractivity contribution < 1.29 is 4.39 Å². The van der Waals surface area contributed by atoms with Crippen molar-refractivity contribution in [3.8, 4) is 0 Å². The van der Waals surface area contributed by atoms with Gasteiger partial charge in [0.05, 0.1) is 16.9 Å². The van der Waals surface area contributed by atoms with Gasteiger partial charge in [-0.05, 0) is 50.0 Å². The van der Waals surface area contributed by atoms with Gasteiger partial charge in [-0.15, -0.1) is 11.6 Å². The number of aromatic nitrogens is 2. The molecule has 1 fully saturated rings. The van der Waals surface area contributed by atoms with Crippen molar-refractivity contribution >= 4 is 22.6 Å². The number of hydrogen-bond acceptors (Lipinski definition) is 2. The van der Waals surface area contributed by atoms with Crippen LogP contribution in [-0.2, 0) is 12.4 Å². The quantitative estimate of drug-likeness (QED) is 0.786. The van der Waals surface area contributed by atoms with Crippen molar-refractivity contribution in [3.63, 3.8) is 0 Å². The SMILES string of the molecule is CC(CN1CCCC1)Cn1c(CCl)nc2ccc(F)cc21. The van der Waals surface area contributed by atoms with E-state index in [0.717, 1.165) is 29.9 Å². The Labute approximate surface area is 129 Å². The molecule has 0 amide bonds. The molecule has 0 spiro atoms. The summed E-state index contributed by atoms with van der Waals surface area (Å²) in [5, 5.41) is 0. The predicted molar refractivity (Wildman–Crippen MR) is 84.1 cm³/mol. The Morgan fingerprint density at radius 3 is 2.76 bits per heavy atom. The number of alkyl halides is 1. The molecule has 1 aromatic heterocycles. The Hall–Kier alpha value is -1.13. The third-order valence-electron chi connectivity index (χ3n) is 4.17. The zero-order valence-corrected chi connectivity index (χ0v) is 13.1. The number of imidazole rings is 1. The van der Waals surface area contributed by atoms with Gasteiger partial charge in [-0.25, -0.2) is 9.37 Å². The van der Waals surface area contributed by atoms with E-state index in [0.29, 0.717) is 11.8 Å². The molecule has 1 saturated heterocycles. The van der Waals surface area contributed by atoms with E-state index in [2.05, 4.69) is 21.4 Å². The fourth-order valence-electron chi connectivity index (χ4n) is 3.23.